The van der Waals surface area contributed by atoms with Gasteiger partial charge in [-0.3, -0.25) is 4.79 Å². The van der Waals surface area contributed by atoms with Crippen LogP contribution in [0.5, 0.6) is 0 Å². The van der Waals surface area contributed by atoms with Crippen LogP contribution < -0.4 is 5.32 Å². The average molecular weight is 320 g/mol. The van der Waals surface area contributed by atoms with E-state index in [-0.39, 0.29) is 17.0 Å². The number of aliphatic imine (C=N–C) groups is 1. The van der Waals surface area contributed by atoms with Crippen molar-refractivity contribution in [1.29, 1.82) is 0 Å². The van der Waals surface area contributed by atoms with Crippen LogP contribution in [0.15, 0.2) is 53.5 Å². The highest BCUT2D eigenvalue weighted by molar-refractivity contribution is 6.19. The predicted molar refractivity (Wildman–Crippen MR) is 78.2 cm³/mol. The summed E-state index contributed by atoms with van der Waals surface area (Å²) in [6.45, 7) is 0. The number of amides is 1. The van der Waals surface area contributed by atoms with Crippen molar-refractivity contribution in [3.63, 3.8) is 0 Å². The number of aliphatic hydroxyl groups excluding tert-OH is 1. The summed E-state index contributed by atoms with van der Waals surface area (Å²) >= 11 is 0. The Labute approximate surface area is 129 Å². The van der Waals surface area contributed by atoms with Crippen LogP contribution >= 0.6 is 0 Å². The Morgan fingerprint density at radius 3 is 2.43 bits per heavy atom. The van der Waals surface area contributed by atoms with E-state index in [1.54, 1.807) is 30.3 Å². The Bertz CT molecular complexity index is 786. The molecule has 1 amide bonds. The fraction of sp³-hybridized carbons (Fsp3) is 0.125. The van der Waals surface area contributed by atoms with Crippen LogP contribution in [-0.4, -0.2) is 23.0 Å². The Hall–Kier alpha value is -2.67. The zero-order valence-corrected chi connectivity index (χ0v) is 11.6. The third-order valence-corrected chi connectivity index (χ3v) is 3.39. The summed E-state index contributed by atoms with van der Waals surface area (Å²) in [5, 5.41) is 12.1. The van der Waals surface area contributed by atoms with Crippen LogP contribution in [0, 0.1) is 0 Å². The van der Waals surface area contributed by atoms with Gasteiger partial charge in [-0.05, 0) is 18.2 Å². The van der Waals surface area contributed by atoms with Gasteiger partial charge in [-0.1, -0.05) is 30.3 Å². The van der Waals surface area contributed by atoms with Crippen LogP contribution in [0.3, 0.4) is 0 Å². The van der Waals surface area contributed by atoms with E-state index in [9.17, 15) is 23.1 Å². The molecule has 0 radical (unpaired) electrons. The maximum atomic E-state index is 13.0. The van der Waals surface area contributed by atoms with E-state index in [0.29, 0.717) is 5.56 Å². The second kappa shape index (κ2) is 5.51. The number of halogens is 3. The maximum Gasteiger partial charge on any atom is 0.416 e. The van der Waals surface area contributed by atoms with Gasteiger partial charge in [0.05, 0.1) is 17.0 Å². The smallest absolute Gasteiger partial charge is 0.364 e. The van der Waals surface area contributed by atoms with Crippen molar-refractivity contribution in [2.45, 2.75) is 12.4 Å². The summed E-state index contributed by atoms with van der Waals surface area (Å²) in [4.78, 5) is 15.6. The Morgan fingerprint density at radius 2 is 1.78 bits per heavy atom. The lowest BCUT2D eigenvalue weighted by atomic mass is 9.98. The van der Waals surface area contributed by atoms with Gasteiger partial charge in [-0.25, -0.2) is 4.99 Å². The molecule has 1 atom stereocenters. The van der Waals surface area contributed by atoms with Gasteiger partial charge in [0.2, 0.25) is 6.23 Å². The van der Waals surface area contributed by atoms with Crippen molar-refractivity contribution in [2.24, 2.45) is 4.99 Å². The molecule has 1 aliphatic rings. The predicted octanol–water partition coefficient (Wildman–Crippen LogP) is 2.81. The lowest BCUT2D eigenvalue weighted by molar-refractivity contribution is -0.137. The lowest BCUT2D eigenvalue weighted by Crippen LogP contribution is -2.24. The standard InChI is InChI=1S/C16H11F3N2O2/c17-16(18,19)10-6-7-12-11(8-10)13(9-4-2-1-3-5-9)21-15(23)14(22)20-12/h1-8,15,23H,(H,20,22). The monoisotopic (exact) mass is 320 g/mol. The molecule has 0 bridgehead atoms. The summed E-state index contributed by atoms with van der Waals surface area (Å²) in [6, 6.07) is 11.4. The van der Waals surface area contributed by atoms with Crippen LogP contribution in [0.4, 0.5) is 18.9 Å². The molecular weight excluding hydrogens is 309 g/mol. The van der Waals surface area contributed by atoms with E-state index in [1.165, 1.54) is 0 Å². The first-order chi connectivity index (χ1) is 10.9. The number of aliphatic hydroxyl groups is 1. The van der Waals surface area contributed by atoms with Gasteiger partial charge in [-0.15, -0.1) is 0 Å². The van der Waals surface area contributed by atoms with Crippen molar-refractivity contribution in [2.75, 3.05) is 5.32 Å². The minimum atomic E-state index is -4.52. The molecule has 0 aliphatic carbocycles. The van der Waals surface area contributed by atoms with Gasteiger partial charge in [0.15, 0.2) is 0 Å². The summed E-state index contributed by atoms with van der Waals surface area (Å²) in [7, 11) is 0. The molecule has 0 spiro atoms. The summed E-state index contributed by atoms with van der Waals surface area (Å²) in [6.07, 6.45) is -6.21. The average Bonchev–Trinajstić information content (AvgIpc) is 2.64. The molecule has 1 unspecified atom stereocenters. The number of rotatable bonds is 1. The molecule has 1 aliphatic heterocycles. The molecular formula is C16H11F3N2O2. The fourth-order valence-corrected chi connectivity index (χ4v) is 2.30. The van der Waals surface area contributed by atoms with Crippen molar-refractivity contribution < 1.29 is 23.1 Å². The van der Waals surface area contributed by atoms with Crippen LogP contribution in [0.1, 0.15) is 16.7 Å². The summed E-state index contributed by atoms with van der Waals surface area (Å²) in [5.74, 6) is -0.795. The van der Waals surface area contributed by atoms with Gasteiger partial charge >= 0.3 is 6.18 Å². The molecule has 0 fully saturated rings. The summed E-state index contributed by atoms with van der Waals surface area (Å²) < 4.78 is 38.9. The number of nitrogens with zero attached hydrogens (tertiary/aromatic N) is 1. The molecule has 7 heteroatoms. The highest BCUT2D eigenvalue weighted by atomic mass is 19.4. The van der Waals surface area contributed by atoms with E-state index in [0.717, 1.165) is 18.2 Å². The molecule has 2 N–H and O–H groups in total. The number of carbonyl (C=O) groups is 1. The number of fused-ring (bicyclic) bond motifs is 1. The minimum Gasteiger partial charge on any atom is -0.364 e. The first kappa shape index (κ1) is 15.2. The quantitative estimate of drug-likeness (QED) is 0.849. The van der Waals surface area contributed by atoms with E-state index in [4.69, 9.17) is 0 Å². The maximum absolute atomic E-state index is 13.0. The van der Waals surface area contributed by atoms with Gasteiger partial charge < -0.3 is 10.4 Å². The Balaban J connectivity index is 2.23. The van der Waals surface area contributed by atoms with Crippen molar-refractivity contribution in [3.8, 4) is 0 Å². The molecule has 3 rings (SSSR count). The number of benzodiazepines with no additional fused rings is 1. The van der Waals surface area contributed by atoms with Crippen molar-refractivity contribution in [3.05, 3.63) is 65.2 Å². The summed E-state index contributed by atoms with van der Waals surface area (Å²) in [5.41, 5.74) is 0.0461. The number of hydrogen-bond acceptors (Lipinski definition) is 3. The van der Waals surface area contributed by atoms with E-state index < -0.39 is 23.9 Å². The number of alkyl halides is 3. The third-order valence-electron chi connectivity index (χ3n) is 3.39. The Morgan fingerprint density at radius 1 is 1.09 bits per heavy atom. The number of anilines is 1. The largest absolute Gasteiger partial charge is 0.416 e. The fourth-order valence-electron chi connectivity index (χ4n) is 2.30. The van der Waals surface area contributed by atoms with Gasteiger partial charge in [0.25, 0.3) is 5.91 Å². The minimum absolute atomic E-state index is 0.107. The number of carbonyl (C=O) groups excluding carboxylic acids is 1. The van der Waals surface area contributed by atoms with Crippen molar-refractivity contribution in [1.82, 2.24) is 0 Å². The second-order valence-electron chi connectivity index (χ2n) is 4.96. The first-order valence-corrected chi connectivity index (χ1v) is 6.70. The molecule has 0 saturated carbocycles. The lowest BCUT2D eigenvalue weighted by Gasteiger charge is -2.13. The molecule has 2 aromatic carbocycles. The third kappa shape index (κ3) is 2.95. The molecule has 1 heterocycles. The van der Waals surface area contributed by atoms with E-state index in [1.807, 2.05) is 0 Å². The second-order valence-corrected chi connectivity index (χ2v) is 4.96. The van der Waals surface area contributed by atoms with E-state index >= 15 is 0 Å². The zero-order valence-electron chi connectivity index (χ0n) is 11.6. The first-order valence-electron chi connectivity index (χ1n) is 6.70. The van der Waals surface area contributed by atoms with Crippen LogP contribution in [0.2, 0.25) is 0 Å². The van der Waals surface area contributed by atoms with Gasteiger partial charge in [0.1, 0.15) is 0 Å². The molecule has 23 heavy (non-hydrogen) atoms. The highest BCUT2D eigenvalue weighted by Crippen LogP contribution is 2.33. The van der Waals surface area contributed by atoms with E-state index in [2.05, 4.69) is 10.3 Å². The topological polar surface area (TPSA) is 61.7 Å². The molecule has 0 aromatic heterocycles. The van der Waals surface area contributed by atoms with Gasteiger partial charge in [0, 0.05) is 11.1 Å². The van der Waals surface area contributed by atoms with Crippen molar-refractivity contribution >= 4 is 17.3 Å². The number of hydrogen-bond donors (Lipinski definition) is 2. The molecule has 0 saturated heterocycles. The number of nitrogens with one attached hydrogen (secondary N) is 1. The highest BCUT2D eigenvalue weighted by Gasteiger charge is 2.33. The Kier molecular flexibility index (Phi) is 3.65. The van der Waals surface area contributed by atoms with Crippen LogP contribution in [0.25, 0.3) is 0 Å². The molecule has 2 aromatic rings. The van der Waals surface area contributed by atoms with Gasteiger partial charge in [-0.2, -0.15) is 13.2 Å². The molecule has 4 nitrogen and oxygen atoms in total. The zero-order chi connectivity index (χ0) is 16.6. The molecule has 118 valence electrons. The van der Waals surface area contributed by atoms with Crippen LogP contribution in [-0.2, 0) is 11.0 Å². The number of benzene rings is 2. The SMILES string of the molecule is O=C1Nc2ccc(C(F)(F)F)cc2C(c2ccccc2)=NC1O. The normalized spacial score (nSPS) is 17.8.